The first-order valence-electron chi connectivity index (χ1n) is 7.75. The molecule has 3 heteroatoms. The summed E-state index contributed by atoms with van der Waals surface area (Å²) in [6.07, 6.45) is 3.36. The molecule has 20 heavy (non-hydrogen) atoms. The number of nitrogens with one attached hydrogen (secondary N) is 1. The number of hydrogen-bond acceptors (Lipinski definition) is 3. The SMILES string of the molecule is CCN(CC)c1ccc(CNC2CCCC2C#N)cc1. The van der Waals surface area contributed by atoms with E-state index in [1.54, 1.807) is 0 Å². The Balaban J connectivity index is 1.89. The van der Waals surface area contributed by atoms with E-state index in [1.165, 1.54) is 17.7 Å². The van der Waals surface area contributed by atoms with Gasteiger partial charge in [-0.25, -0.2) is 0 Å². The Hall–Kier alpha value is -1.53. The molecule has 108 valence electrons. The van der Waals surface area contributed by atoms with Gasteiger partial charge in [0.25, 0.3) is 0 Å². The number of nitriles is 1. The fourth-order valence-corrected chi connectivity index (χ4v) is 3.02. The van der Waals surface area contributed by atoms with Crippen LogP contribution in [-0.4, -0.2) is 19.1 Å². The zero-order valence-electron chi connectivity index (χ0n) is 12.6. The Bertz CT molecular complexity index is 442. The molecular formula is C17H25N3. The standard InChI is InChI=1S/C17H25N3/c1-3-20(4-2)16-10-8-14(9-11-16)13-19-17-7-5-6-15(17)12-18/h8-11,15,17,19H,3-7,13H2,1-2H3. The molecular weight excluding hydrogens is 246 g/mol. The van der Waals surface area contributed by atoms with Crippen LogP contribution >= 0.6 is 0 Å². The lowest BCUT2D eigenvalue weighted by Gasteiger charge is -2.21. The molecule has 0 aromatic heterocycles. The van der Waals surface area contributed by atoms with Crippen molar-refractivity contribution in [2.24, 2.45) is 5.92 Å². The fraction of sp³-hybridized carbons (Fsp3) is 0.588. The minimum atomic E-state index is 0.199. The number of anilines is 1. The third-order valence-corrected chi connectivity index (χ3v) is 4.32. The van der Waals surface area contributed by atoms with Crippen LogP contribution in [-0.2, 0) is 6.54 Å². The second-order valence-electron chi connectivity index (χ2n) is 5.49. The summed E-state index contributed by atoms with van der Waals surface area (Å²) < 4.78 is 0. The van der Waals surface area contributed by atoms with E-state index < -0.39 is 0 Å². The quantitative estimate of drug-likeness (QED) is 0.862. The summed E-state index contributed by atoms with van der Waals surface area (Å²) in [5.41, 5.74) is 2.58. The van der Waals surface area contributed by atoms with E-state index in [2.05, 4.69) is 54.4 Å². The van der Waals surface area contributed by atoms with Gasteiger partial charge in [0.05, 0.1) is 12.0 Å². The monoisotopic (exact) mass is 271 g/mol. The minimum absolute atomic E-state index is 0.199. The Morgan fingerprint density at radius 1 is 1.20 bits per heavy atom. The molecule has 1 N–H and O–H groups in total. The van der Waals surface area contributed by atoms with Crippen molar-refractivity contribution in [2.45, 2.75) is 45.7 Å². The van der Waals surface area contributed by atoms with Gasteiger partial charge in [-0.1, -0.05) is 18.6 Å². The van der Waals surface area contributed by atoms with Crippen LogP contribution in [0.25, 0.3) is 0 Å². The summed E-state index contributed by atoms with van der Waals surface area (Å²) in [7, 11) is 0. The molecule has 0 radical (unpaired) electrons. The molecule has 0 amide bonds. The highest BCUT2D eigenvalue weighted by Crippen LogP contribution is 2.25. The Labute approximate surface area is 122 Å². The van der Waals surface area contributed by atoms with Crippen LogP contribution in [0.1, 0.15) is 38.7 Å². The molecule has 1 aliphatic rings. The average Bonchev–Trinajstić information content (AvgIpc) is 2.95. The highest BCUT2D eigenvalue weighted by atomic mass is 15.1. The fourth-order valence-electron chi connectivity index (χ4n) is 3.02. The zero-order chi connectivity index (χ0) is 14.4. The van der Waals surface area contributed by atoms with Crippen LogP contribution in [0.5, 0.6) is 0 Å². The molecule has 0 spiro atoms. The molecule has 1 fully saturated rings. The lowest BCUT2D eigenvalue weighted by Crippen LogP contribution is -2.31. The summed E-state index contributed by atoms with van der Waals surface area (Å²) in [6, 6.07) is 11.6. The van der Waals surface area contributed by atoms with E-state index in [0.717, 1.165) is 32.5 Å². The number of rotatable bonds is 6. The van der Waals surface area contributed by atoms with Gasteiger partial charge in [0.15, 0.2) is 0 Å². The van der Waals surface area contributed by atoms with E-state index >= 15 is 0 Å². The molecule has 1 aliphatic carbocycles. The Morgan fingerprint density at radius 2 is 1.90 bits per heavy atom. The molecule has 0 bridgehead atoms. The van der Waals surface area contributed by atoms with Crippen LogP contribution in [0, 0.1) is 17.2 Å². The van der Waals surface area contributed by atoms with Crippen LogP contribution in [0.4, 0.5) is 5.69 Å². The first kappa shape index (κ1) is 14.9. The molecule has 2 atom stereocenters. The van der Waals surface area contributed by atoms with Crippen molar-refractivity contribution in [2.75, 3.05) is 18.0 Å². The van der Waals surface area contributed by atoms with Gasteiger partial charge >= 0.3 is 0 Å². The van der Waals surface area contributed by atoms with Gasteiger partial charge in [-0.3, -0.25) is 0 Å². The lowest BCUT2D eigenvalue weighted by molar-refractivity contribution is 0.464. The predicted molar refractivity (Wildman–Crippen MR) is 83.6 cm³/mol. The van der Waals surface area contributed by atoms with E-state index in [9.17, 15) is 0 Å². The topological polar surface area (TPSA) is 39.1 Å². The maximum Gasteiger partial charge on any atom is 0.0672 e. The Kier molecular flexibility index (Phi) is 5.43. The van der Waals surface area contributed by atoms with Crippen LogP contribution in [0.2, 0.25) is 0 Å². The van der Waals surface area contributed by atoms with Crippen molar-refractivity contribution >= 4 is 5.69 Å². The maximum atomic E-state index is 9.09. The van der Waals surface area contributed by atoms with Crippen molar-refractivity contribution in [1.29, 1.82) is 5.26 Å². The summed E-state index contributed by atoms with van der Waals surface area (Å²) in [6.45, 7) is 7.31. The van der Waals surface area contributed by atoms with Gasteiger partial charge in [-0.15, -0.1) is 0 Å². The molecule has 1 saturated carbocycles. The largest absolute Gasteiger partial charge is 0.372 e. The number of hydrogen-bond donors (Lipinski definition) is 1. The average molecular weight is 271 g/mol. The van der Waals surface area contributed by atoms with Crippen LogP contribution in [0.3, 0.4) is 0 Å². The first-order chi connectivity index (χ1) is 9.78. The number of nitrogens with zero attached hydrogens (tertiary/aromatic N) is 2. The molecule has 2 rings (SSSR count). The van der Waals surface area contributed by atoms with Crippen molar-refractivity contribution in [3.8, 4) is 6.07 Å². The minimum Gasteiger partial charge on any atom is -0.372 e. The molecule has 3 nitrogen and oxygen atoms in total. The number of benzene rings is 1. The van der Waals surface area contributed by atoms with Crippen molar-refractivity contribution in [3.05, 3.63) is 29.8 Å². The van der Waals surface area contributed by atoms with Crippen molar-refractivity contribution in [3.63, 3.8) is 0 Å². The molecule has 0 aliphatic heterocycles. The van der Waals surface area contributed by atoms with E-state index in [-0.39, 0.29) is 5.92 Å². The smallest absolute Gasteiger partial charge is 0.0672 e. The summed E-state index contributed by atoms with van der Waals surface area (Å²) in [5, 5.41) is 12.6. The van der Waals surface area contributed by atoms with Gasteiger partial charge in [-0.05, 0) is 44.4 Å². The molecule has 1 aromatic rings. The third kappa shape index (κ3) is 3.52. The van der Waals surface area contributed by atoms with E-state index in [0.29, 0.717) is 6.04 Å². The summed E-state index contributed by atoms with van der Waals surface area (Å²) in [4.78, 5) is 2.35. The molecule has 0 saturated heterocycles. The molecule has 0 heterocycles. The second kappa shape index (κ2) is 7.31. The highest BCUT2D eigenvalue weighted by molar-refractivity contribution is 5.47. The van der Waals surface area contributed by atoms with Gasteiger partial charge < -0.3 is 10.2 Å². The van der Waals surface area contributed by atoms with Gasteiger partial charge in [0, 0.05) is 31.4 Å². The first-order valence-corrected chi connectivity index (χ1v) is 7.75. The van der Waals surface area contributed by atoms with E-state index in [4.69, 9.17) is 5.26 Å². The van der Waals surface area contributed by atoms with Crippen molar-refractivity contribution in [1.82, 2.24) is 5.32 Å². The zero-order valence-corrected chi connectivity index (χ0v) is 12.6. The molecule has 2 unspecified atom stereocenters. The lowest BCUT2D eigenvalue weighted by atomic mass is 10.1. The summed E-state index contributed by atoms with van der Waals surface area (Å²) >= 11 is 0. The normalized spacial score (nSPS) is 21.6. The van der Waals surface area contributed by atoms with Crippen LogP contribution in [0.15, 0.2) is 24.3 Å². The second-order valence-corrected chi connectivity index (χ2v) is 5.49. The maximum absolute atomic E-state index is 9.09. The van der Waals surface area contributed by atoms with Gasteiger partial charge in [-0.2, -0.15) is 5.26 Å². The predicted octanol–water partition coefficient (Wildman–Crippen LogP) is 3.31. The van der Waals surface area contributed by atoms with Gasteiger partial charge in [0.2, 0.25) is 0 Å². The highest BCUT2D eigenvalue weighted by Gasteiger charge is 2.26. The Morgan fingerprint density at radius 3 is 2.50 bits per heavy atom. The molecule has 1 aromatic carbocycles. The van der Waals surface area contributed by atoms with Gasteiger partial charge in [0.1, 0.15) is 0 Å². The van der Waals surface area contributed by atoms with Crippen LogP contribution < -0.4 is 10.2 Å². The van der Waals surface area contributed by atoms with E-state index in [1.807, 2.05) is 0 Å². The third-order valence-electron chi connectivity index (χ3n) is 4.32. The van der Waals surface area contributed by atoms with Crippen molar-refractivity contribution < 1.29 is 0 Å². The summed E-state index contributed by atoms with van der Waals surface area (Å²) in [5.74, 6) is 0.199.